The SMILES string of the molecule is CC(C)n1ncnc1C(=O)NC(c1nc2c(F)c(C(CC(F)F)C(=O)NCC(C)(F)F)ccc2[nH]1)C1CCC(F)(F)CC1. The van der Waals surface area contributed by atoms with E-state index in [0.717, 1.165) is 6.07 Å². The molecule has 0 spiro atoms. The maximum absolute atomic E-state index is 15.8. The Hall–Kier alpha value is -3.72. The van der Waals surface area contributed by atoms with E-state index in [9.17, 15) is 35.9 Å². The summed E-state index contributed by atoms with van der Waals surface area (Å²) in [5.41, 5.74) is -0.755. The Bertz CT molecular complexity index is 1440. The number of carbonyl (C=O) groups is 2. The van der Waals surface area contributed by atoms with Crippen molar-refractivity contribution in [1.29, 1.82) is 0 Å². The monoisotopic (exact) mass is 619 g/mol. The number of nitrogens with one attached hydrogen (secondary N) is 3. The Morgan fingerprint density at radius 1 is 1.19 bits per heavy atom. The number of benzene rings is 1. The second kappa shape index (κ2) is 12.5. The zero-order chi connectivity index (χ0) is 31.7. The highest BCUT2D eigenvalue weighted by Gasteiger charge is 2.40. The molecule has 2 amide bonds. The number of carbonyl (C=O) groups excluding carboxylic acids is 2. The molecule has 236 valence electrons. The van der Waals surface area contributed by atoms with Crippen LogP contribution in [0, 0.1) is 11.7 Å². The summed E-state index contributed by atoms with van der Waals surface area (Å²) in [5, 5.41) is 8.67. The highest BCUT2D eigenvalue weighted by atomic mass is 19.3. The smallest absolute Gasteiger partial charge is 0.289 e. The fraction of sp³-hybridized carbons (Fsp3) is 0.593. The van der Waals surface area contributed by atoms with E-state index in [4.69, 9.17) is 0 Å². The zero-order valence-corrected chi connectivity index (χ0v) is 23.6. The molecule has 1 aliphatic rings. The van der Waals surface area contributed by atoms with Crippen molar-refractivity contribution in [2.45, 2.75) is 89.1 Å². The van der Waals surface area contributed by atoms with Gasteiger partial charge < -0.3 is 15.6 Å². The van der Waals surface area contributed by atoms with Crippen molar-refractivity contribution in [3.63, 3.8) is 0 Å². The van der Waals surface area contributed by atoms with Gasteiger partial charge >= 0.3 is 0 Å². The third-order valence-corrected chi connectivity index (χ3v) is 7.40. The molecule has 2 aromatic heterocycles. The summed E-state index contributed by atoms with van der Waals surface area (Å²) in [5.74, 6) is -11.6. The summed E-state index contributed by atoms with van der Waals surface area (Å²) >= 11 is 0. The van der Waals surface area contributed by atoms with Crippen molar-refractivity contribution in [2.24, 2.45) is 5.92 Å². The first-order valence-electron chi connectivity index (χ1n) is 13.8. The van der Waals surface area contributed by atoms with Crippen molar-refractivity contribution < 1.29 is 40.3 Å². The molecule has 3 N–H and O–H groups in total. The Kier molecular flexibility index (Phi) is 9.35. The number of aromatic nitrogens is 5. The number of amides is 2. The number of imidazole rings is 1. The average Bonchev–Trinajstić information content (AvgIpc) is 3.57. The molecular weight excluding hydrogens is 587 g/mol. The fourth-order valence-electron chi connectivity index (χ4n) is 5.21. The molecular formula is C27H32F7N7O2. The molecule has 1 aromatic carbocycles. The second-order valence-electron chi connectivity index (χ2n) is 11.2. The number of aromatic amines is 1. The maximum atomic E-state index is 15.8. The van der Waals surface area contributed by atoms with Crippen molar-refractivity contribution >= 4 is 22.8 Å². The predicted octanol–water partition coefficient (Wildman–Crippen LogP) is 5.68. The number of nitrogens with zero attached hydrogens (tertiary/aromatic N) is 4. The van der Waals surface area contributed by atoms with Crippen LogP contribution in [0.2, 0.25) is 0 Å². The molecule has 2 heterocycles. The Morgan fingerprint density at radius 3 is 2.47 bits per heavy atom. The summed E-state index contributed by atoms with van der Waals surface area (Å²) in [4.78, 5) is 37.0. The minimum atomic E-state index is -3.32. The van der Waals surface area contributed by atoms with Gasteiger partial charge in [0.15, 0.2) is 5.82 Å². The van der Waals surface area contributed by atoms with Crippen LogP contribution in [-0.2, 0) is 4.79 Å². The van der Waals surface area contributed by atoms with Crippen LogP contribution in [0.3, 0.4) is 0 Å². The van der Waals surface area contributed by atoms with Crippen LogP contribution < -0.4 is 10.6 Å². The predicted molar refractivity (Wildman–Crippen MR) is 141 cm³/mol. The molecule has 9 nitrogen and oxygen atoms in total. The quantitative estimate of drug-likeness (QED) is 0.239. The Balaban J connectivity index is 1.70. The van der Waals surface area contributed by atoms with Gasteiger partial charge in [-0.15, -0.1) is 0 Å². The van der Waals surface area contributed by atoms with Gasteiger partial charge in [0.25, 0.3) is 11.8 Å². The van der Waals surface area contributed by atoms with Crippen LogP contribution in [0.25, 0.3) is 11.0 Å². The molecule has 0 aliphatic heterocycles. The van der Waals surface area contributed by atoms with Gasteiger partial charge in [0.05, 0.1) is 24.0 Å². The molecule has 1 fully saturated rings. The van der Waals surface area contributed by atoms with Crippen LogP contribution in [0.5, 0.6) is 0 Å². The van der Waals surface area contributed by atoms with Crippen LogP contribution in [0.15, 0.2) is 18.5 Å². The fourth-order valence-corrected chi connectivity index (χ4v) is 5.21. The minimum Gasteiger partial charge on any atom is -0.350 e. The minimum absolute atomic E-state index is 0.0122. The van der Waals surface area contributed by atoms with Crippen molar-refractivity contribution in [3.05, 3.63) is 41.5 Å². The van der Waals surface area contributed by atoms with Gasteiger partial charge in [0.1, 0.15) is 17.7 Å². The Labute approximate surface area is 242 Å². The van der Waals surface area contributed by atoms with Gasteiger partial charge in [0, 0.05) is 37.8 Å². The van der Waals surface area contributed by atoms with Crippen LogP contribution in [0.4, 0.5) is 30.7 Å². The number of rotatable bonds is 11. The van der Waals surface area contributed by atoms with E-state index in [1.807, 2.05) is 5.32 Å². The van der Waals surface area contributed by atoms with Gasteiger partial charge in [0.2, 0.25) is 24.1 Å². The van der Waals surface area contributed by atoms with E-state index in [1.165, 1.54) is 17.1 Å². The largest absolute Gasteiger partial charge is 0.350 e. The number of hydrogen-bond donors (Lipinski definition) is 3. The first kappa shape index (κ1) is 32.2. The lowest BCUT2D eigenvalue weighted by Gasteiger charge is -2.33. The summed E-state index contributed by atoms with van der Waals surface area (Å²) in [7, 11) is 0. The number of halogens is 7. The molecule has 43 heavy (non-hydrogen) atoms. The molecule has 1 saturated carbocycles. The topological polar surface area (TPSA) is 118 Å². The highest BCUT2D eigenvalue weighted by Crippen LogP contribution is 2.41. The number of alkyl halides is 6. The number of hydrogen-bond acceptors (Lipinski definition) is 5. The Morgan fingerprint density at radius 2 is 1.86 bits per heavy atom. The van der Waals surface area contributed by atoms with Crippen LogP contribution >= 0.6 is 0 Å². The number of H-pyrrole nitrogens is 1. The van der Waals surface area contributed by atoms with Crippen LogP contribution in [-0.4, -0.2) is 61.4 Å². The lowest BCUT2D eigenvalue weighted by molar-refractivity contribution is -0.125. The normalized spacial score (nSPS) is 17.4. The van der Waals surface area contributed by atoms with E-state index in [2.05, 4.69) is 25.4 Å². The number of fused-ring (bicyclic) bond motifs is 1. The standard InChI is InChI=1S/C27H32F7N7O2/c1-13(2)41-23(36-12-37-41)25(43)40-20(14-6-8-27(33,34)9-7-14)22-38-17-5-4-15(19(30)21(17)39-22)16(10-18(28)29)24(42)35-11-26(3,31)32/h4-5,12-14,16,18,20H,6-11H2,1-3H3,(H,35,42)(H,38,39)(H,40,43). The molecule has 0 bridgehead atoms. The van der Waals surface area contributed by atoms with E-state index >= 15 is 4.39 Å². The third kappa shape index (κ3) is 7.63. The van der Waals surface area contributed by atoms with E-state index in [0.29, 0.717) is 6.92 Å². The molecule has 2 unspecified atom stereocenters. The lowest BCUT2D eigenvalue weighted by Crippen LogP contribution is -2.38. The zero-order valence-electron chi connectivity index (χ0n) is 23.6. The molecule has 16 heteroatoms. The molecule has 0 saturated heterocycles. The first-order chi connectivity index (χ1) is 20.1. The van der Waals surface area contributed by atoms with Crippen molar-refractivity contribution in [2.75, 3.05) is 6.54 Å². The molecule has 3 aromatic rings. The van der Waals surface area contributed by atoms with Gasteiger partial charge in [-0.1, -0.05) is 6.07 Å². The van der Waals surface area contributed by atoms with Crippen molar-refractivity contribution in [3.8, 4) is 0 Å². The second-order valence-corrected chi connectivity index (χ2v) is 11.2. The van der Waals surface area contributed by atoms with E-state index < -0.39 is 85.2 Å². The van der Waals surface area contributed by atoms with Gasteiger partial charge in [-0.2, -0.15) is 5.10 Å². The maximum Gasteiger partial charge on any atom is 0.289 e. The van der Waals surface area contributed by atoms with Crippen molar-refractivity contribution in [1.82, 2.24) is 35.4 Å². The summed E-state index contributed by atoms with van der Waals surface area (Å²) in [6.45, 7) is 2.96. The third-order valence-electron chi connectivity index (χ3n) is 7.40. The van der Waals surface area contributed by atoms with Crippen LogP contribution in [0.1, 0.15) is 92.9 Å². The van der Waals surface area contributed by atoms with E-state index in [-0.39, 0.29) is 41.6 Å². The summed E-state index contributed by atoms with van der Waals surface area (Å²) in [6, 6.07) is 1.14. The lowest BCUT2D eigenvalue weighted by atomic mass is 9.81. The molecule has 1 aliphatic carbocycles. The first-order valence-corrected chi connectivity index (χ1v) is 13.8. The summed E-state index contributed by atoms with van der Waals surface area (Å²) < 4.78 is 98.4. The summed E-state index contributed by atoms with van der Waals surface area (Å²) in [6.07, 6.45) is -3.85. The molecule has 4 rings (SSSR count). The van der Waals surface area contributed by atoms with Gasteiger partial charge in [-0.05, 0) is 38.7 Å². The highest BCUT2D eigenvalue weighted by molar-refractivity contribution is 5.91. The average molecular weight is 620 g/mol. The molecule has 2 atom stereocenters. The van der Waals surface area contributed by atoms with Gasteiger partial charge in [-0.25, -0.2) is 45.4 Å². The van der Waals surface area contributed by atoms with Gasteiger partial charge in [-0.3, -0.25) is 9.59 Å². The van der Waals surface area contributed by atoms with E-state index in [1.54, 1.807) is 13.8 Å². The molecule has 0 radical (unpaired) electrons.